The highest BCUT2D eigenvalue weighted by Crippen LogP contribution is 2.24. The van der Waals surface area contributed by atoms with Crippen molar-refractivity contribution in [3.8, 4) is 0 Å². The summed E-state index contributed by atoms with van der Waals surface area (Å²) in [5, 5.41) is 0.0276. The van der Waals surface area contributed by atoms with Crippen LogP contribution in [0.4, 0.5) is 4.39 Å². The summed E-state index contributed by atoms with van der Waals surface area (Å²) in [5.41, 5.74) is 0.704. The zero-order valence-electron chi connectivity index (χ0n) is 15.3. The molecular weight excluding hydrogens is 373 g/mol. The number of nitrogens with zero attached hydrogens (tertiary/aromatic N) is 3. The van der Waals surface area contributed by atoms with E-state index in [4.69, 9.17) is 4.74 Å². The summed E-state index contributed by atoms with van der Waals surface area (Å²) in [5.74, 6) is -0.429. The first kappa shape index (κ1) is 19.5. The first-order valence-corrected chi connectivity index (χ1v) is 10.1. The lowest BCUT2D eigenvalue weighted by Gasteiger charge is -2.29. The van der Waals surface area contributed by atoms with Gasteiger partial charge in [0.15, 0.2) is 5.03 Å². The van der Waals surface area contributed by atoms with Crippen LogP contribution in [-0.4, -0.2) is 41.3 Å². The van der Waals surface area contributed by atoms with Gasteiger partial charge in [-0.2, -0.15) is 4.31 Å². The molecule has 27 heavy (non-hydrogen) atoms. The Bertz CT molecular complexity index is 897. The van der Waals surface area contributed by atoms with Gasteiger partial charge in [0.1, 0.15) is 18.2 Å². The number of hydrogen-bond donors (Lipinski definition) is 0. The van der Waals surface area contributed by atoms with Crippen molar-refractivity contribution < 1.29 is 22.3 Å². The van der Waals surface area contributed by atoms with Gasteiger partial charge in [-0.1, -0.05) is 12.1 Å². The quantitative estimate of drug-likeness (QED) is 0.724. The molecule has 9 heteroatoms. The summed E-state index contributed by atoms with van der Waals surface area (Å²) >= 11 is 0. The average molecular weight is 395 g/mol. The number of sulfonamides is 1. The van der Waals surface area contributed by atoms with Gasteiger partial charge in [0.2, 0.25) is 0 Å². The third-order valence-electron chi connectivity index (χ3n) is 4.77. The van der Waals surface area contributed by atoms with E-state index in [-0.39, 0.29) is 42.4 Å². The molecule has 1 aromatic carbocycles. The van der Waals surface area contributed by atoms with Gasteiger partial charge in [-0.25, -0.2) is 17.8 Å². The van der Waals surface area contributed by atoms with Gasteiger partial charge >= 0.3 is 5.97 Å². The van der Waals surface area contributed by atoms with Gasteiger partial charge in [0.05, 0.1) is 5.92 Å². The van der Waals surface area contributed by atoms with E-state index >= 15 is 0 Å². The van der Waals surface area contributed by atoms with Crippen LogP contribution in [0.5, 0.6) is 0 Å². The average Bonchev–Trinajstić information content (AvgIpc) is 3.00. The molecule has 1 aliphatic rings. The standard InChI is InChI=1S/C18H22FN3O4S/c1-13-20-17(11-21(13)2)27(24,25)22-9-7-15(8-10-22)18(23)26-12-14-3-5-16(19)6-4-14/h3-6,11,15H,7-10,12H2,1-2H3. The molecule has 0 saturated carbocycles. The highest BCUT2D eigenvalue weighted by molar-refractivity contribution is 7.89. The Balaban J connectivity index is 1.54. The number of halogens is 1. The normalized spacial score (nSPS) is 16.4. The molecule has 146 valence electrons. The molecule has 0 atom stereocenters. The second-order valence-electron chi connectivity index (χ2n) is 6.65. The van der Waals surface area contributed by atoms with Crippen LogP contribution >= 0.6 is 0 Å². The molecule has 1 aliphatic heterocycles. The highest BCUT2D eigenvalue weighted by atomic mass is 32.2. The Kier molecular flexibility index (Phi) is 5.61. The summed E-state index contributed by atoms with van der Waals surface area (Å²) in [6, 6.07) is 5.75. The van der Waals surface area contributed by atoms with Crippen LogP contribution in [0.3, 0.4) is 0 Å². The summed E-state index contributed by atoms with van der Waals surface area (Å²) in [6.07, 6.45) is 2.29. The smallest absolute Gasteiger partial charge is 0.309 e. The van der Waals surface area contributed by atoms with E-state index in [9.17, 15) is 17.6 Å². The van der Waals surface area contributed by atoms with Crippen LogP contribution in [-0.2, 0) is 33.2 Å². The summed E-state index contributed by atoms with van der Waals surface area (Å²) in [6.45, 7) is 2.30. The molecule has 3 rings (SSSR count). The summed E-state index contributed by atoms with van der Waals surface area (Å²) in [4.78, 5) is 16.3. The maximum atomic E-state index is 12.9. The van der Waals surface area contributed by atoms with Crippen LogP contribution in [0.25, 0.3) is 0 Å². The van der Waals surface area contributed by atoms with Gasteiger partial charge in [0, 0.05) is 26.3 Å². The zero-order valence-corrected chi connectivity index (χ0v) is 16.1. The van der Waals surface area contributed by atoms with E-state index in [1.165, 1.54) is 22.6 Å². The Morgan fingerprint density at radius 3 is 2.44 bits per heavy atom. The van der Waals surface area contributed by atoms with Crippen molar-refractivity contribution in [1.82, 2.24) is 13.9 Å². The number of hydrogen-bond acceptors (Lipinski definition) is 5. The van der Waals surface area contributed by atoms with Crippen LogP contribution < -0.4 is 0 Å². The fourth-order valence-corrected chi connectivity index (χ4v) is 4.46. The number of aromatic nitrogens is 2. The maximum absolute atomic E-state index is 12.9. The largest absolute Gasteiger partial charge is 0.461 e. The third kappa shape index (κ3) is 4.36. The van der Waals surface area contributed by atoms with E-state index in [1.807, 2.05) is 0 Å². The minimum atomic E-state index is -3.66. The predicted octanol–water partition coefficient (Wildman–Crippen LogP) is 2.01. The SMILES string of the molecule is Cc1nc(S(=O)(=O)N2CCC(C(=O)OCc3ccc(F)cc3)CC2)cn1C. The lowest BCUT2D eigenvalue weighted by atomic mass is 9.98. The fraction of sp³-hybridized carbons (Fsp3) is 0.444. The molecule has 2 aromatic rings. The molecule has 7 nitrogen and oxygen atoms in total. The van der Waals surface area contributed by atoms with Crippen molar-refractivity contribution in [2.75, 3.05) is 13.1 Å². The Morgan fingerprint density at radius 1 is 1.26 bits per heavy atom. The van der Waals surface area contributed by atoms with Gasteiger partial charge < -0.3 is 9.30 Å². The van der Waals surface area contributed by atoms with Crippen molar-refractivity contribution in [3.05, 3.63) is 47.7 Å². The molecule has 0 unspecified atom stereocenters. The molecule has 1 fully saturated rings. The topological polar surface area (TPSA) is 81.5 Å². The van der Waals surface area contributed by atoms with Crippen LogP contribution in [0.15, 0.2) is 35.5 Å². The predicted molar refractivity (Wildman–Crippen MR) is 95.6 cm³/mol. The third-order valence-corrected chi connectivity index (χ3v) is 6.54. The maximum Gasteiger partial charge on any atom is 0.309 e. The zero-order chi connectivity index (χ0) is 19.6. The molecule has 0 radical (unpaired) electrons. The van der Waals surface area contributed by atoms with Gasteiger partial charge in [0.25, 0.3) is 10.0 Å². The van der Waals surface area contributed by atoms with E-state index in [0.29, 0.717) is 24.2 Å². The first-order valence-electron chi connectivity index (χ1n) is 8.68. The Hall–Kier alpha value is -2.26. The van der Waals surface area contributed by atoms with Crippen molar-refractivity contribution in [1.29, 1.82) is 0 Å². The Labute approximate surface area is 157 Å². The second-order valence-corrected chi connectivity index (χ2v) is 8.53. The van der Waals surface area contributed by atoms with E-state index in [0.717, 1.165) is 0 Å². The molecule has 0 aliphatic carbocycles. The molecule has 1 aromatic heterocycles. The van der Waals surface area contributed by atoms with Gasteiger partial charge in [-0.3, -0.25) is 4.79 Å². The fourth-order valence-electron chi connectivity index (χ4n) is 2.97. The molecular formula is C18H22FN3O4S. The number of benzene rings is 1. The minimum Gasteiger partial charge on any atom is -0.461 e. The van der Waals surface area contributed by atoms with Crippen molar-refractivity contribution >= 4 is 16.0 Å². The monoisotopic (exact) mass is 395 g/mol. The molecule has 2 heterocycles. The first-order chi connectivity index (χ1) is 12.8. The molecule has 1 saturated heterocycles. The van der Waals surface area contributed by atoms with Crippen molar-refractivity contribution in [2.24, 2.45) is 13.0 Å². The number of esters is 1. The van der Waals surface area contributed by atoms with Gasteiger partial charge in [-0.15, -0.1) is 0 Å². The number of carbonyl (C=O) groups excluding carboxylic acids is 1. The summed E-state index contributed by atoms with van der Waals surface area (Å²) < 4.78 is 46.5. The number of carbonyl (C=O) groups is 1. The number of imidazole rings is 1. The lowest BCUT2D eigenvalue weighted by molar-refractivity contribution is -0.151. The van der Waals surface area contributed by atoms with Crippen LogP contribution in [0.2, 0.25) is 0 Å². The molecule has 0 N–H and O–H groups in total. The molecule has 0 bridgehead atoms. The minimum absolute atomic E-state index is 0.0276. The number of piperidine rings is 1. The number of rotatable bonds is 5. The highest BCUT2D eigenvalue weighted by Gasteiger charge is 2.34. The van der Waals surface area contributed by atoms with Gasteiger partial charge in [-0.05, 0) is 37.5 Å². The summed E-state index contributed by atoms with van der Waals surface area (Å²) in [7, 11) is -1.92. The van der Waals surface area contributed by atoms with Crippen LogP contribution in [0, 0.1) is 18.7 Å². The molecule has 0 amide bonds. The Morgan fingerprint density at radius 2 is 1.89 bits per heavy atom. The van der Waals surface area contributed by atoms with Crippen molar-refractivity contribution in [2.45, 2.75) is 31.4 Å². The van der Waals surface area contributed by atoms with Crippen LogP contribution in [0.1, 0.15) is 24.2 Å². The van der Waals surface area contributed by atoms with E-state index in [2.05, 4.69) is 4.98 Å². The second kappa shape index (κ2) is 7.77. The number of aryl methyl sites for hydroxylation is 2. The van der Waals surface area contributed by atoms with Crippen molar-refractivity contribution in [3.63, 3.8) is 0 Å². The molecule has 0 spiro atoms. The van der Waals surface area contributed by atoms with E-state index in [1.54, 1.807) is 30.7 Å². The number of ether oxygens (including phenoxy) is 1. The van der Waals surface area contributed by atoms with E-state index < -0.39 is 10.0 Å². The lowest BCUT2D eigenvalue weighted by Crippen LogP contribution is -2.40.